The third-order valence-electron chi connectivity index (χ3n) is 4.86. The molecule has 1 saturated heterocycles. The number of rotatable bonds is 4. The van der Waals surface area contributed by atoms with Crippen molar-refractivity contribution >= 4 is 28.9 Å². The second-order valence-corrected chi connectivity index (χ2v) is 6.30. The van der Waals surface area contributed by atoms with Crippen molar-refractivity contribution in [3.63, 3.8) is 0 Å². The highest BCUT2D eigenvalue weighted by Crippen LogP contribution is 2.40. The Kier molecular flexibility index (Phi) is 5.03. The van der Waals surface area contributed by atoms with E-state index in [1.807, 2.05) is 12.1 Å². The van der Waals surface area contributed by atoms with Crippen LogP contribution in [0, 0.1) is 5.41 Å². The number of anilines is 1. The van der Waals surface area contributed by atoms with Gasteiger partial charge in [-0.25, -0.2) is 0 Å². The largest absolute Gasteiger partial charge is 0.371 e. The minimum absolute atomic E-state index is 0.551. The summed E-state index contributed by atoms with van der Waals surface area (Å²) in [5, 5.41) is 0.798. The zero-order valence-electron chi connectivity index (χ0n) is 11.9. The average molecular weight is 300 g/mol. The fourth-order valence-corrected chi connectivity index (χ4v) is 3.52. The number of benzene rings is 1. The van der Waals surface area contributed by atoms with Crippen molar-refractivity contribution in [1.82, 2.24) is 0 Å². The normalized spacial score (nSPS) is 18.6. The number of alkyl halides is 1. The lowest BCUT2D eigenvalue weighted by atomic mass is 9.74. The predicted octanol–water partition coefficient (Wildman–Crippen LogP) is 5.49. The highest BCUT2D eigenvalue weighted by Gasteiger charge is 2.31. The lowest BCUT2D eigenvalue weighted by Crippen LogP contribution is -2.40. The molecule has 0 N–H and O–H groups in total. The van der Waals surface area contributed by atoms with Gasteiger partial charge >= 0.3 is 0 Å². The fraction of sp³-hybridized carbons (Fsp3) is 0.625. The Hall–Kier alpha value is -0.400. The van der Waals surface area contributed by atoms with Crippen LogP contribution in [0.25, 0.3) is 0 Å². The maximum absolute atomic E-state index is 6.13. The number of piperidine rings is 1. The predicted molar refractivity (Wildman–Crippen MR) is 85.5 cm³/mol. The van der Waals surface area contributed by atoms with Gasteiger partial charge in [-0.15, -0.1) is 11.6 Å². The van der Waals surface area contributed by atoms with Crippen LogP contribution in [0.15, 0.2) is 18.2 Å². The minimum Gasteiger partial charge on any atom is -0.371 e. The number of halogens is 2. The summed E-state index contributed by atoms with van der Waals surface area (Å²) in [6.07, 6.45) is 5.12. The van der Waals surface area contributed by atoms with E-state index >= 15 is 0 Å². The molecule has 106 valence electrons. The number of hydrogen-bond acceptors (Lipinski definition) is 1. The zero-order chi connectivity index (χ0) is 13.9. The highest BCUT2D eigenvalue weighted by molar-refractivity contribution is 6.31. The summed E-state index contributed by atoms with van der Waals surface area (Å²) in [6, 6.07) is 6.03. The van der Waals surface area contributed by atoms with E-state index in [4.69, 9.17) is 23.2 Å². The molecule has 19 heavy (non-hydrogen) atoms. The first kappa shape index (κ1) is 15.0. The molecule has 0 spiro atoms. The van der Waals surface area contributed by atoms with E-state index in [0.29, 0.717) is 11.3 Å². The maximum Gasteiger partial charge on any atom is 0.0494 e. The molecule has 1 aromatic carbocycles. The standard InChI is InChI=1S/C16H23Cl2N/c1-3-16(4-2)7-9-19(10-8-16)15-11-14(18)6-5-13(15)12-17/h5-6,11H,3-4,7-10,12H2,1-2H3. The Morgan fingerprint density at radius 3 is 2.32 bits per heavy atom. The lowest BCUT2D eigenvalue weighted by Gasteiger charge is -2.42. The molecule has 0 saturated carbocycles. The van der Waals surface area contributed by atoms with Crippen LogP contribution in [-0.2, 0) is 5.88 Å². The number of nitrogens with zero attached hydrogens (tertiary/aromatic N) is 1. The molecule has 1 fully saturated rings. The fourth-order valence-electron chi connectivity index (χ4n) is 3.12. The van der Waals surface area contributed by atoms with E-state index in [-0.39, 0.29) is 0 Å². The first-order chi connectivity index (χ1) is 9.14. The summed E-state index contributed by atoms with van der Waals surface area (Å²) in [4.78, 5) is 2.45. The Balaban J connectivity index is 2.15. The second kappa shape index (κ2) is 6.37. The van der Waals surface area contributed by atoms with Crippen LogP contribution >= 0.6 is 23.2 Å². The summed E-state index contributed by atoms with van der Waals surface area (Å²) in [7, 11) is 0. The molecule has 1 heterocycles. The Morgan fingerprint density at radius 2 is 1.79 bits per heavy atom. The summed E-state index contributed by atoms with van der Waals surface area (Å²) in [5.41, 5.74) is 2.96. The van der Waals surface area contributed by atoms with Gasteiger partial charge in [0.15, 0.2) is 0 Å². The molecule has 1 nitrogen and oxygen atoms in total. The lowest BCUT2D eigenvalue weighted by molar-refractivity contribution is 0.199. The second-order valence-electron chi connectivity index (χ2n) is 5.60. The smallest absolute Gasteiger partial charge is 0.0494 e. The van der Waals surface area contributed by atoms with Crippen LogP contribution in [0.2, 0.25) is 5.02 Å². The molecule has 1 aliphatic rings. The van der Waals surface area contributed by atoms with Crippen molar-refractivity contribution < 1.29 is 0 Å². The minimum atomic E-state index is 0.551. The summed E-state index contributed by atoms with van der Waals surface area (Å²) in [5.74, 6) is 0.551. The molecule has 0 aliphatic carbocycles. The number of hydrogen-bond donors (Lipinski definition) is 0. The van der Waals surface area contributed by atoms with Gasteiger partial charge in [0.25, 0.3) is 0 Å². The van der Waals surface area contributed by atoms with Gasteiger partial charge in [-0.2, -0.15) is 0 Å². The van der Waals surface area contributed by atoms with E-state index in [9.17, 15) is 0 Å². The highest BCUT2D eigenvalue weighted by atomic mass is 35.5. The molecule has 0 amide bonds. The zero-order valence-corrected chi connectivity index (χ0v) is 13.4. The molecule has 3 heteroatoms. The van der Waals surface area contributed by atoms with Crippen LogP contribution in [-0.4, -0.2) is 13.1 Å². The van der Waals surface area contributed by atoms with Crippen molar-refractivity contribution in [3.05, 3.63) is 28.8 Å². The molecule has 0 unspecified atom stereocenters. The van der Waals surface area contributed by atoms with Crippen molar-refractivity contribution in [2.24, 2.45) is 5.41 Å². The van der Waals surface area contributed by atoms with Crippen LogP contribution in [0.3, 0.4) is 0 Å². The van der Waals surface area contributed by atoms with Gasteiger partial charge in [0.05, 0.1) is 0 Å². The van der Waals surface area contributed by atoms with Gasteiger partial charge in [0.1, 0.15) is 0 Å². The van der Waals surface area contributed by atoms with Crippen molar-refractivity contribution in [2.45, 2.75) is 45.4 Å². The van der Waals surface area contributed by atoms with E-state index in [1.165, 1.54) is 36.9 Å². The van der Waals surface area contributed by atoms with Crippen molar-refractivity contribution in [1.29, 1.82) is 0 Å². The Labute approximate surface area is 126 Å². The van der Waals surface area contributed by atoms with Gasteiger partial charge in [0, 0.05) is 29.7 Å². The molecular weight excluding hydrogens is 277 g/mol. The Bertz CT molecular complexity index is 417. The third-order valence-corrected chi connectivity index (χ3v) is 5.38. The van der Waals surface area contributed by atoms with Gasteiger partial charge in [-0.05, 0) is 36.0 Å². The quantitative estimate of drug-likeness (QED) is 0.665. The first-order valence-electron chi connectivity index (χ1n) is 7.23. The van der Waals surface area contributed by atoms with Gasteiger partial charge in [-0.1, -0.05) is 44.4 Å². The van der Waals surface area contributed by atoms with Gasteiger partial charge < -0.3 is 4.90 Å². The molecule has 2 rings (SSSR count). The van der Waals surface area contributed by atoms with E-state index in [0.717, 1.165) is 18.1 Å². The SMILES string of the molecule is CCC1(CC)CCN(c2cc(Cl)ccc2CCl)CC1. The molecule has 0 bridgehead atoms. The van der Waals surface area contributed by atoms with Crippen molar-refractivity contribution in [3.8, 4) is 0 Å². The molecule has 1 aliphatic heterocycles. The molecule has 0 aromatic heterocycles. The molecule has 0 radical (unpaired) electrons. The summed E-state index contributed by atoms with van der Waals surface area (Å²) in [6.45, 7) is 6.88. The monoisotopic (exact) mass is 299 g/mol. The third kappa shape index (κ3) is 3.20. The van der Waals surface area contributed by atoms with E-state index < -0.39 is 0 Å². The molecule has 0 atom stereocenters. The summed E-state index contributed by atoms with van der Waals surface area (Å²) < 4.78 is 0. The van der Waals surface area contributed by atoms with Crippen LogP contribution in [0.4, 0.5) is 5.69 Å². The van der Waals surface area contributed by atoms with Gasteiger partial charge in [-0.3, -0.25) is 0 Å². The first-order valence-corrected chi connectivity index (χ1v) is 8.14. The Morgan fingerprint density at radius 1 is 1.16 bits per heavy atom. The molecule has 1 aromatic rings. The van der Waals surface area contributed by atoms with Gasteiger partial charge in [0.2, 0.25) is 0 Å². The summed E-state index contributed by atoms with van der Waals surface area (Å²) >= 11 is 12.2. The molecular formula is C16H23Cl2N. The van der Waals surface area contributed by atoms with Crippen molar-refractivity contribution in [2.75, 3.05) is 18.0 Å². The topological polar surface area (TPSA) is 3.24 Å². The maximum atomic E-state index is 6.13. The average Bonchev–Trinajstić information content (AvgIpc) is 2.47. The van der Waals surface area contributed by atoms with Crippen LogP contribution in [0.5, 0.6) is 0 Å². The van der Waals surface area contributed by atoms with E-state index in [1.54, 1.807) is 0 Å². The van der Waals surface area contributed by atoms with E-state index in [2.05, 4.69) is 24.8 Å². The van der Waals surface area contributed by atoms with Crippen LogP contribution in [0.1, 0.15) is 45.1 Å². The van der Waals surface area contributed by atoms with Crippen LogP contribution < -0.4 is 4.90 Å².